The van der Waals surface area contributed by atoms with Gasteiger partial charge in [-0.25, -0.2) is 13.5 Å². The first-order valence-corrected chi connectivity index (χ1v) is 8.74. The summed E-state index contributed by atoms with van der Waals surface area (Å²) in [6.45, 7) is -1.37. The zero-order chi connectivity index (χ0) is 20.5. The number of thiophene rings is 1. The first kappa shape index (κ1) is 20.1. The number of rotatable bonds is 5. The van der Waals surface area contributed by atoms with Gasteiger partial charge >= 0.3 is 6.18 Å². The maximum absolute atomic E-state index is 13.7. The second-order valence-electron chi connectivity index (χ2n) is 5.45. The molecule has 0 spiro atoms. The van der Waals surface area contributed by atoms with Crippen LogP contribution in [-0.2, 0) is 0 Å². The van der Waals surface area contributed by atoms with Gasteiger partial charge in [-0.3, -0.25) is 4.79 Å². The number of halogens is 6. The van der Waals surface area contributed by atoms with Crippen LogP contribution in [0, 0.1) is 11.6 Å². The van der Waals surface area contributed by atoms with Crippen molar-refractivity contribution < 1.29 is 26.7 Å². The number of anilines is 2. The molecule has 0 bridgehead atoms. The van der Waals surface area contributed by atoms with E-state index in [0.29, 0.717) is 0 Å². The number of nitrogens with one attached hydrogen (secondary N) is 2. The van der Waals surface area contributed by atoms with Crippen LogP contribution in [0.3, 0.4) is 0 Å². The molecule has 2 N–H and O–H groups in total. The first-order chi connectivity index (χ1) is 13.1. The molecule has 2 heterocycles. The van der Waals surface area contributed by atoms with Gasteiger partial charge in [-0.15, -0.1) is 11.3 Å². The number of carbonyl (C=O) groups is 1. The highest BCUT2D eigenvalue weighted by atomic mass is 35.5. The third-order valence-electron chi connectivity index (χ3n) is 3.43. The lowest BCUT2D eigenvalue weighted by molar-refractivity contribution is -0.115. The Balaban J connectivity index is 1.91. The van der Waals surface area contributed by atoms with Gasteiger partial charge in [-0.05, 0) is 12.1 Å². The molecule has 0 saturated heterocycles. The van der Waals surface area contributed by atoms with Crippen LogP contribution in [0.4, 0.5) is 33.3 Å². The van der Waals surface area contributed by atoms with Crippen LogP contribution in [0.5, 0.6) is 0 Å². The van der Waals surface area contributed by atoms with E-state index in [1.54, 1.807) is 0 Å². The minimum absolute atomic E-state index is 0.0321. The number of aromatic nitrogens is 2. The number of nitrogens with zero attached hydrogens (tertiary/aromatic N) is 2. The summed E-state index contributed by atoms with van der Waals surface area (Å²) in [6.07, 6.45) is -1.67. The van der Waals surface area contributed by atoms with Crippen LogP contribution in [-0.4, -0.2) is 28.4 Å². The lowest BCUT2D eigenvalue weighted by Crippen LogP contribution is -2.22. The molecule has 3 aromatic rings. The molecule has 0 saturated carbocycles. The molecule has 2 aromatic heterocycles. The number of carbonyl (C=O) groups excluding carboxylic acids is 1. The quantitative estimate of drug-likeness (QED) is 0.548. The van der Waals surface area contributed by atoms with Crippen LogP contribution in [0.15, 0.2) is 36.7 Å². The van der Waals surface area contributed by atoms with E-state index < -0.39 is 30.3 Å². The van der Waals surface area contributed by atoms with Gasteiger partial charge in [0.05, 0.1) is 21.4 Å². The SMILES string of the molecule is O=C(Nc1cc(F)c(F)cc1-n1cccn1)c1sc(Cl)cc1NCC(F)(F)F. The summed E-state index contributed by atoms with van der Waals surface area (Å²) in [6, 6.07) is 4.29. The van der Waals surface area contributed by atoms with Gasteiger partial charge < -0.3 is 10.6 Å². The second-order valence-corrected chi connectivity index (χ2v) is 7.13. The van der Waals surface area contributed by atoms with E-state index in [1.165, 1.54) is 29.2 Å². The Morgan fingerprint density at radius 2 is 1.89 bits per heavy atom. The molecule has 148 valence electrons. The molecule has 28 heavy (non-hydrogen) atoms. The normalized spacial score (nSPS) is 11.5. The number of benzene rings is 1. The fraction of sp³-hybridized carbons (Fsp3) is 0.125. The second kappa shape index (κ2) is 7.76. The van der Waals surface area contributed by atoms with Crippen molar-refractivity contribution in [3.8, 4) is 5.69 Å². The molecule has 0 aliphatic carbocycles. The maximum atomic E-state index is 13.7. The Kier molecular flexibility index (Phi) is 5.57. The van der Waals surface area contributed by atoms with E-state index in [1.807, 2.05) is 0 Å². The molecule has 1 amide bonds. The molecule has 0 radical (unpaired) electrons. The summed E-state index contributed by atoms with van der Waals surface area (Å²) in [5.74, 6) is -3.22. The van der Waals surface area contributed by atoms with Crippen molar-refractivity contribution in [2.75, 3.05) is 17.2 Å². The number of amides is 1. The van der Waals surface area contributed by atoms with Gasteiger partial charge in [-0.1, -0.05) is 11.6 Å². The zero-order valence-electron chi connectivity index (χ0n) is 13.6. The van der Waals surface area contributed by atoms with Crippen molar-refractivity contribution in [3.63, 3.8) is 0 Å². The summed E-state index contributed by atoms with van der Waals surface area (Å²) in [5, 5.41) is 8.35. The molecule has 1 aromatic carbocycles. The van der Waals surface area contributed by atoms with Crippen LogP contribution in [0.25, 0.3) is 5.69 Å². The summed E-state index contributed by atoms with van der Waals surface area (Å²) < 4.78 is 65.9. The average Bonchev–Trinajstić information content (AvgIpc) is 3.25. The van der Waals surface area contributed by atoms with Crippen LogP contribution in [0.2, 0.25) is 4.34 Å². The molecule has 3 rings (SSSR count). The van der Waals surface area contributed by atoms with Gasteiger partial charge in [0.15, 0.2) is 11.6 Å². The lowest BCUT2D eigenvalue weighted by Gasteiger charge is -2.13. The minimum atomic E-state index is -4.50. The molecular formula is C16H10ClF5N4OS. The van der Waals surface area contributed by atoms with Gasteiger partial charge in [0.25, 0.3) is 5.91 Å². The van der Waals surface area contributed by atoms with Gasteiger partial charge in [0, 0.05) is 24.5 Å². The Hall–Kier alpha value is -2.66. The van der Waals surface area contributed by atoms with Crippen molar-refractivity contribution in [1.29, 1.82) is 0 Å². The predicted octanol–water partition coefficient (Wildman–Crippen LogP) is 5.09. The van der Waals surface area contributed by atoms with Crippen molar-refractivity contribution in [2.45, 2.75) is 6.18 Å². The molecular weight excluding hydrogens is 427 g/mol. The molecule has 0 atom stereocenters. The highest BCUT2D eigenvalue weighted by molar-refractivity contribution is 7.18. The summed E-state index contributed by atoms with van der Waals surface area (Å²) in [7, 11) is 0. The molecule has 0 aliphatic rings. The zero-order valence-corrected chi connectivity index (χ0v) is 15.2. The van der Waals surface area contributed by atoms with Crippen molar-refractivity contribution in [1.82, 2.24) is 9.78 Å². The van der Waals surface area contributed by atoms with Gasteiger partial charge in [0.2, 0.25) is 0 Å². The lowest BCUT2D eigenvalue weighted by atomic mass is 10.2. The van der Waals surface area contributed by atoms with Crippen LogP contribution >= 0.6 is 22.9 Å². The summed E-state index contributed by atoms with van der Waals surface area (Å²) in [5.41, 5.74) is -0.225. The Bertz CT molecular complexity index is 1000. The van der Waals surface area contributed by atoms with E-state index in [9.17, 15) is 26.7 Å². The maximum Gasteiger partial charge on any atom is 0.405 e. The van der Waals surface area contributed by atoms with Crippen molar-refractivity contribution in [2.24, 2.45) is 0 Å². The topological polar surface area (TPSA) is 59.0 Å². The molecule has 12 heteroatoms. The third-order valence-corrected chi connectivity index (χ3v) is 4.69. The largest absolute Gasteiger partial charge is 0.405 e. The Morgan fingerprint density at radius 1 is 1.18 bits per heavy atom. The average molecular weight is 437 g/mol. The van der Waals surface area contributed by atoms with Gasteiger partial charge in [0.1, 0.15) is 11.4 Å². The monoisotopic (exact) mass is 436 g/mol. The van der Waals surface area contributed by atoms with E-state index in [4.69, 9.17) is 11.6 Å². The Labute approximate surface area is 163 Å². The van der Waals surface area contributed by atoms with Crippen LogP contribution in [0.1, 0.15) is 9.67 Å². The fourth-order valence-electron chi connectivity index (χ4n) is 2.27. The minimum Gasteiger partial charge on any atom is -0.375 e. The number of hydrogen-bond donors (Lipinski definition) is 2. The van der Waals surface area contributed by atoms with E-state index >= 15 is 0 Å². The highest BCUT2D eigenvalue weighted by Crippen LogP contribution is 2.33. The fourth-order valence-corrected chi connectivity index (χ4v) is 3.37. The van der Waals surface area contributed by atoms with E-state index in [0.717, 1.165) is 23.5 Å². The molecule has 0 unspecified atom stereocenters. The Morgan fingerprint density at radius 3 is 2.54 bits per heavy atom. The highest BCUT2D eigenvalue weighted by Gasteiger charge is 2.28. The van der Waals surface area contributed by atoms with Crippen molar-refractivity contribution in [3.05, 3.63) is 57.5 Å². The van der Waals surface area contributed by atoms with Gasteiger partial charge in [-0.2, -0.15) is 18.3 Å². The number of alkyl halides is 3. The summed E-state index contributed by atoms with van der Waals surface area (Å²) >= 11 is 6.55. The van der Waals surface area contributed by atoms with Crippen LogP contribution < -0.4 is 10.6 Å². The van der Waals surface area contributed by atoms with E-state index in [-0.39, 0.29) is 26.3 Å². The van der Waals surface area contributed by atoms with Crippen molar-refractivity contribution >= 4 is 40.2 Å². The van der Waals surface area contributed by atoms with E-state index in [2.05, 4.69) is 15.7 Å². The first-order valence-electron chi connectivity index (χ1n) is 7.54. The smallest absolute Gasteiger partial charge is 0.375 e. The molecule has 5 nitrogen and oxygen atoms in total. The molecule has 0 aliphatic heterocycles. The summed E-state index contributed by atoms with van der Waals surface area (Å²) in [4.78, 5) is 12.4. The number of hydrogen-bond acceptors (Lipinski definition) is 4. The molecule has 0 fully saturated rings. The third kappa shape index (κ3) is 4.60. The predicted molar refractivity (Wildman–Crippen MR) is 95.3 cm³/mol. The standard InChI is InChI=1S/C16H10ClF5N4OS/c17-13-6-11(23-7-16(20,21)22)14(28-13)15(27)25-10-4-8(18)9(19)5-12(10)26-3-1-2-24-26/h1-6,23H,7H2,(H,25,27).